The standard InChI is InChI=1S/C11H21NO4S/c1-2-16-11(13)9-15-6-5-12-10-3-7-17(14)8-4-10/h10,12H,2-9H2,1H3. The lowest BCUT2D eigenvalue weighted by atomic mass is 10.1. The van der Waals surface area contributed by atoms with E-state index in [1.807, 2.05) is 0 Å². The van der Waals surface area contributed by atoms with Crippen molar-refractivity contribution in [1.29, 1.82) is 0 Å². The van der Waals surface area contributed by atoms with Gasteiger partial charge in [0.15, 0.2) is 0 Å². The molecule has 1 saturated heterocycles. The summed E-state index contributed by atoms with van der Waals surface area (Å²) < 4.78 is 21.0. The van der Waals surface area contributed by atoms with E-state index < -0.39 is 10.8 Å². The summed E-state index contributed by atoms with van der Waals surface area (Å²) >= 11 is 0. The molecular formula is C11H21NO4S. The van der Waals surface area contributed by atoms with Crippen LogP contribution in [0.25, 0.3) is 0 Å². The highest BCUT2D eigenvalue weighted by atomic mass is 32.2. The third-order valence-electron chi connectivity index (χ3n) is 2.59. The summed E-state index contributed by atoms with van der Waals surface area (Å²) in [4.78, 5) is 10.9. The minimum atomic E-state index is -0.611. The summed E-state index contributed by atoms with van der Waals surface area (Å²) in [5.74, 6) is 1.27. The second-order valence-electron chi connectivity index (χ2n) is 3.93. The molecule has 0 spiro atoms. The summed E-state index contributed by atoms with van der Waals surface area (Å²) in [5.41, 5.74) is 0. The number of hydrogen-bond acceptors (Lipinski definition) is 5. The van der Waals surface area contributed by atoms with Crippen molar-refractivity contribution in [2.45, 2.75) is 25.8 Å². The molecule has 100 valence electrons. The highest BCUT2D eigenvalue weighted by Gasteiger charge is 2.16. The number of hydrogen-bond donors (Lipinski definition) is 1. The molecule has 0 unspecified atom stereocenters. The Morgan fingerprint density at radius 2 is 2.12 bits per heavy atom. The quantitative estimate of drug-likeness (QED) is 0.520. The van der Waals surface area contributed by atoms with E-state index in [0.717, 1.165) is 30.9 Å². The van der Waals surface area contributed by atoms with Gasteiger partial charge in [0, 0.05) is 34.9 Å². The second-order valence-corrected chi connectivity index (χ2v) is 5.63. The molecule has 1 N–H and O–H groups in total. The van der Waals surface area contributed by atoms with Gasteiger partial charge < -0.3 is 14.8 Å². The number of nitrogens with one attached hydrogen (secondary N) is 1. The number of carbonyl (C=O) groups is 1. The van der Waals surface area contributed by atoms with Crippen molar-refractivity contribution in [2.24, 2.45) is 0 Å². The first-order chi connectivity index (χ1) is 8.22. The molecule has 17 heavy (non-hydrogen) atoms. The third-order valence-corrected chi connectivity index (χ3v) is 3.97. The molecule has 1 fully saturated rings. The Labute approximate surface area is 105 Å². The lowest BCUT2D eigenvalue weighted by Crippen LogP contribution is -2.37. The van der Waals surface area contributed by atoms with Gasteiger partial charge in [-0.1, -0.05) is 0 Å². The zero-order valence-electron chi connectivity index (χ0n) is 10.3. The van der Waals surface area contributed by atoms with Gasteiger partial charge in [-0.3, -0.25) is 4.21 Å². The van der Waals surface area contributed by atoms with Crippen LogP contribution < -0.4 is 5.32 Å². The highest BCUT2D eigenvalue weighted by Crippen LogP contribution is 2.08. The molecule has 0 amide bonds. The maximum absolute atomic E-state index is 11.1. The van der Waals surface area contributed by atoms with Gasteiger partial charge in [-0.2, -0.15) is 0 Å². The van der Waals surface area contributed by atoms with Crippen molar-refractivity contribution in [3.05, 3.63) is 0 Å². The number of rotatable bonds is 7. The van der Waals surface area contributed by atoms with Crippen LogP contribution in [0.15, 0.2) is 0 Å². The monoisotopic (exact) mass is 263 g/mol. The molecule has 0 saturated carbocycles. The Kier molecular flexibility index (Phi) is 7.39. The molecule has 0 bridgehead atoms. The number of ether oxygens (including phenoxy) is 2. The van der Waals surface area contributed by atoms with Crippen molar-refractivity contribution in [1.82, 2.24) is 5.32 Å². The topological polar surface area (TPSA) is 64.6 Å². The Hall–Kier alpha value is -0.460. The van der Waals surface area contributed by atoms with Crippen LogP contribution in [0.5, 0.6) is 0 Å². The fourth-order valence-corrected chi connectivity index (χ4v) is 2.99. The second kappa shape index (κ2) is 8.60. The van der Waals surface area contributed by atoms with Crippen molar-refractivity contribution >= 4 is 16.8 Å². The first-order valence-corrected chi connectivity index (χ1v) is 7.53. The lowest BCUT2D eigenvalue weighted by Gasteiger charge is -2.22. The van der Waals surface area contributed by atoms with Crippen LogP contribution in [0.1, 0.15) is 19.8 Å². The maximum Gasteiger partial charge on any atom is 0.332 e. The van der Waals surface area contributed by atoms with Gasteiger partial charge in [0.2, 0.25) is 0 Å². The van der Waals surface area contributed by atoms with E-state index >= 15 is 0 Å². The normalized spacial score (nSPS) is 24.5. The van der Waals surface area contributed by atoms with Gasteiger partial charge in [0.1, 0.15) is 6.61 Å². The van der Waals surface area contributed by atoms with E-state index in [1.165, 1.54) is 0 Å². The molecule has 0 aliphatic carbocycles. The average Bonchev–Trinajstić information content (AvgIpc) is 2.31. The smallest absolute Gasteiger partial charge is 0.332 e. The Balaban J connectivity index is 1.94. The van der Waals surface area contributed by atoms with Gasteiger partial charge in [0.25, 0.3) is 0 Å². The summed E-state index contributed by atoms with van der Waals surface area (Å²) in [6.07, 6.45) is 1.93. The lowest BCUT2D eigenvalue weighted by molar-refractivity contribution is -0.148. The third kappa shape index (κ3) is 6.75. The summed E-state index contributed by atoms with van der Waals surface area (Å²) in [6, 6.07) is 0.443. The molecule has 1 rings (SSSR count). The fraction of sp³-hybridized carbons (Fsp3) is 0.909. The van der Waals surface area contributed by atoms with Crippen LogP contribution in [0.4, 0.5) is 0 Å². The van der Waals surface area contributed by atoms with Gasteiger partial charge in [-0.25, -0.2) is 4.79 Å². The van der Waals surface area contributed by atoms with Crippen LogP contribution in [0, 0.1) is 0 Å². The van der Waals surface area contributed by atoms with Crippen molar-refractivity contribution in [3.8, 4) is 0 Å². The van der Waals surface area contributed by atoms with Gasteiger partial charge in [-0.15, -0.1) is 0 Å². The van der Waals surface area contributed by atoms with Crippen LogP contribution in [0.2, 0.25) is 0 Å². The Morgan fingerprint density at radius 1 is 1.41 bits per heavy atom. The molecule has 1 aliphatic heterocycles. The van der Waals surface area contributed by atoms with Crippen LogP contribution in [-0.2, 0) is 25.1 Å². The maximum atomic E-state index is 11.1. The predicted octanol–water partition coefficient (Wildman–Crippen LogP) is 0.0668. The van der Waals surface area contributed by atoms with Crippen molar-refractivity contribution in [2.75, 3.05) is 37.9 Å². The number of carbonyl (C=O) groups excluding carboxylic acids is 1. The Bertz CT molecular complexity index is 250. The van der Waals surface area contributed by atoms with E-state index in [2.05, 4.69) is 5.32 Å². The zero-order valence-corrected chi connectivity index (χ0v) is 11.1. The molecule has 0 aromatic carbocycles. The molecule has 0 aromatic rings. The van der Waals surface area contributed by atoms with Gasteiger partial charge in [-0.05, 0) is 19.8 Å². The van der Waals surface area contributed by atoms with Crippen LogP contribution in [-0.4, -0.2) is 54.1 Å². The average molecular weight is 263 g/mol. The number of esters is 1. The molecule has 0 aromatic heterocycles. The van der Waals surface area contributed by atoms with Gasteiger partial charge >= 0.3 is 5.97 Å². The first-order valence-electron chi connectivity index (χ1n) is 6.04. The molecule has 1 heterocycles. The molecule has 1 aliphatic rings. The van der Waals surface area contributed by atoms with E-state index in [4.69, 9.17) is 9.47 Å². The molecule has 5 nitrogen and oxygen atoms in total. The molecule has 0 radical (unpaired) electrons. The van der Waals surface area contributed by atoms with Crippen molar-refractivity contribution < 1.29 is 18.5 Å². The van der Waals surface area contributed by atoms with E-state index in [-0.39, 0.29) is 12.6 Å². The minimum Gasteiger partial charge on any atom is -0.464 e. The Morgan fingerprint density at radius 3 is 2.76 bits per heavy atom. The van der Waals surface area contributed by atoms with E-state index in [9.17, 15) is 9.00 Å². The van der Waals surface area contributed by atoms with E-state index in [0.29, 0.717) is 19.3 Å². The van der Waals surface area contributed by atoms with Crippen LogP contribution in [0.3, 0.4) is 0 Å². The fourth-order valence-electron chi connectivity index (χ4n) is 1.69. The summed E-state index contributed by atoms with van der Waals surface area (Å²) in [6.45, 7) is 3.39. The minimum absolute atomic E-state index is 0.0181. The van der Waals surface area contributed by atoms with Crippen molar-refractivity contribution in [3.63, 3.8) is 0 Å². The largest absolute Gasteiger partial charge is 0.464 e. The predicted molar refractivity (Wildman–Crippen MR) is 66.4 cm³/mol. The van der Waals surface area contributed by atoms with Crippen LogP contribution >= 0.6 is 0 Å². The van der Waals surface area contributed by atoms with Gasteiger partial charge in [0.05, 0.1) is 13.2 Å². The SMILES string of the molecule is CCOC(=O)COCCNC1CCS(=O)CC1. The molecular weight excluding hydrogens is 242 g/mol. The highest BCUT2D eigenvalue weighted by molar-refractivity contribution is 7.85. The summed E-state index contributed by atoms with van der Waals surface area (Å²) in [5, 5.41) is 3.34. The van der Waals surface area contributed by atoms with E-state index in [1.54, 1.807) is 6.92 Å². The zero-order chi connectivity index (χ0) is 12.5. The molecule has 0 atom stereocenters. The molecule has 6 heteroatoms. The first kappa shape index (κ1) is 14.6. The summed E-state index contributed by atoms with van der Waals surface area (Å²) in [7, 11) is -0.611.